The number of sulfone groups is 1. The van der Waals surface area contributed by atoms with E-state index in [1.807, 2.05) is 24.3 Å². The molecule has 0 saturated carbocycles. The van der Waals surface area contributed by atoms with E-state index in [1.165, 1.54) is 6.08 Å². The molecule has 7 heteroatoms. The Labute approximate surface area is 170 Å². The Morgan fingerprint density at radius 3 is 2.45 bits per heavy atom. The highest BCUT2D eigenvalue weighted by Gasteiger charge is 2.24. The summed E-state index contributed by atoms with van der Waals surface area (Å²) in [6.45, 7) is 3.77. The van der Waals surface area contributed by atoms with E-state index in [9.17, 15) is 18.3 Å². The van der Waals surface area contributed by atoms with Crippen molar-refractivity contribution in [3.63, 3.8) is 0 Å². The van der Waals surface area contributed by atoms with Crippen LogP contribution in [0.15, 0.2) is 52.9 Å². The van der Waals surface area contributed by atoms with Crippen LogP contribution in [0.3, 0.4) is 0 Å². The number of rotatable bonds is 8. The van der Waals surface area contributed by atoms with Gasteiger partial charge in [0.05, 0.1) is 17.3 Å². The molecule has 0 atom stereocenters. The zero-order valence-electron chi connectivity index (χ0n) is 16.3. The van der Waals surface area contributed by atoms with Crippen LogP contribution in [0.25, 0.3) is 17.2 Å². The number of ether oxygens (including phenoxy) is 2. The summed E-state index contributed by atoms with van der Waals surface area (Å²) in [6, 6.07) is 12.5. The first-order valence-electron chi connectivity index (χ1n) is 9.52. The quantitative estimate of drug-likeness (QED) is 0.658. The Morgan fingerprint density at radius 2 is 1.76 bits per heavy atom. The smallest absolute Gasteiger partial charge is 0.331 e. The van der Waals surface area contributed by atoms with Crippen molar-refractivity contribution in [1.29, 1.82) is 0 Å². The highest BCUT2D eigenvalue weighted by molar-refractivity contribution is 7.91. The summed E-state index contributed by atoms with van der Waals surface area (Å²) in [7, 11) is -3.51. The highest BCUT2D eigenvalue weighted by atomic mass is 32.2. The molecule has 0 saturated heterocycles. The van der Waals surface area contributed by atoms with Gasteiger partial charge < -0.3 is 14.6 Å². The van der Waals surface area contributed by atoms with Gasteiger partial charge in [-0.05, 0) is 59.9 Å². The minimum absolute atomic E-state index is 0.00428. The second-order valence-corrected chi connectivity index (χ2v) is 8.86. The molecule has 0 aromatic heterocycles. The molecule has 1 heterocycles. The zero-order valence-corrected chi connectivity index (χ0v) is 17.1. The maximum atomic E-state index is 12.5. The fourth-order valence-electron chi connectivity index (χ4n) is 3.12. The van der Waals surface area contributed by atoms with Crippen molar-refractivity contribution in [2.24, 2.45) is 0 Å². The third-order valence-corrected chi connectivity index (χ3v) is 6.41. The summed E-state index contributed by atoms with van der Waals surface area (Å²) in [5.41, 5.74) is 2.19. The average molecular weight is 416 g/mol. The molecule has 0 unspecified atom stereocenters. The molecule has 6 nitrogen and oxygen atoms in total. The monoisotopic (exact) mass is 416 g/mol. The van der Waals surface area contributed by atoms with Crippen molar-refractivity contribution in [2.45, 2.75) is 24.7 Å². The predicted octanol–water partition coefficient (Wildman–Crippen LogP) is 3.80. The lowest BCUT2D eigenvalue weighted by Crippen LogP contribution is -2.08. The number of aliphatic carboxylic acids is 1. The van der Waals surface area contributed by atoms with Crippen molar-refractivity contribution in [3.05, 3.63) is 53.6 Å². The van der Waals surface area contributed by atoms with Crippen molar-refractivity contribution in [3.8, 4) is 16.9 Å². The molecule has 1 aliphatic rings. The fraction of sp³-hybridized carbons (Fsp3) is 0.318. The molecule has 0 radical (unpaired) electrons. The molecule has 3 rings (SSSR count). The lowest BCUT2D eigenvalue weighted by atomic mass is 10.0. The number of benzene rings is 2. The summed E-state index contributed by atoms with van der Waals surface area (Å²) >= 11 is 0. The van der Waals surface area contributed by atoms with E-state index in [2.05, 4.69) is 6.92 Å². The van der Waals surface area contributed by atoms with Gasteiger partial charge in [0.15, 0.2) is 9.84 Å². The van der Waals surface area contributed by atoms with Gasteiger partial charge in [0.1, 0.15) is 12.4 Å². The Hall–Kier alpha value is -2.64. The van der Waals surface area contributed by atoms with E-state index in [1.54, 1.807) is 18.2 Å². The molecule has 2 aromatic rings. The van der Waals surface area contributed by atoms with Crippen LogP contribution in [0.2, 0.25) is 0 Å². The van der Waals surface area contributed by atoms with Gasteiger partial charge in [-0.25, -0.2) is 13.2 Å². The Balaban J connectivity index is 1.82. The van der Waals surface area contributed by atoms with E-state index in [-0.39, 0.29) is 22.6 Å². The van der Waals surface area contributed by atoms with Gasteiger partial charge in [-0.1, -0.05) is 25.1 Å². The average Bonchev–Trinajstić information content (AvgIpc) is 2.84. The summed E-state index contributed by atoms with van der Waals surface area (Å²) in [5, 5.41) is 9.31. The molecule has 0 fully saturated rings. The van der Waals surface area contributed by atoms with Crippen LogP contribution in [-0.4, -0.2) is 45.1 Å². The van der Waals surface area contributed by atoms with Crippen LogP contribution in [0.4, 0.5) is 0 Å². The normalized spacial score (nSPS) is 15.1. The van der Waals surface area contributed by atoms with Crippen LogP contribution < -0.4 is 4.74 Å². The summed E-state index contributed by atoms with van der Waals surface area (Å²) in [6.07, 6.45) is 2.43. The Kier molecular flexibility index (Phi) is 6.71. The van der Waals surface area contributed by atoms with Gasteiger partial charge in [0.25, 0.3) is 0 Å². The molecule has 0 aliphatic carbocycles. The lowest BCUT2D eigenvalue weighted by Gasteiger charge is -2.10. The number of carboxylic acids is 1. The van der Waals surface area contributed by atoms with Crippen LogP contribution in [0.5, 0.6) is 5.75 Å². The maximum Gasteiger partial charge on any atom is 0.331 e. The first-order chi connectivity index (χ1) is 13.9. The third-order valence-electron chi connectivity index (χ3n) is 4.62. The fourth-order valence-corrected chi connectivity index (χ4v) is 4.58. The number of fused-ring (bicyclic) bond motifs is 1. The maximum absolute atomic E-state index is 12.5. The van der Waals surface area contributed by atoms with E-state index in [4.69, 9.17) is 9.47 Å². The largest absolute Gasteiger partial charge is 0.491 e. The van der Waals surface area contributed by atoms with Gasteiger partial charge in [0, 0.05) is 12.2 Å². The second kappa shape index (κ2) is 9.24. The van der Waals surface area contributed by atoms with Gasteiger partial charge in [-0.3, -0.25) is 0 Å². The molecule has 0 amide bonds. The molecule has 154 valence electrons. The SMILES string of the molecule is CCCOCCOc1ccc(-c2ccc3c(c2)C=C(C(=O)O)CCS3(=O)=O)cc1. The molecule has 29 heavy (non-hydrogen) atoms. The van der Waals surface area contributed by atoms with Crippen molar-refractivity contribution in [2.75, 3.05) is 25.6 Å². The standard InChI is InChI=1S/C22H24O6S/c1-2-10-27-11-12-28-20-6-3-16(4-7-20)17-5-8-21-19(14-17)15-18(22(23)24)9-13-29(21,25)26/h3-8,14-15H,2,9-13H2,1H3,(H,23,24). The Bertz CT molecular complexity index is 1010. The van der Waals surface area contributed by atoms with Crippen LogP contribution in [0.1, 0.15) is 25.3 Å². The van der Waals surface area contributed by atoms with Gasteiger partial charge in [-0.2, -0.15) is 0 Å². The molecule has 1 N–H and O–H groups in total. The van der Waals surface area contributed by atoms with Crippen LogP contribution in [0, 0.1) is 0 Å². The predicted molar refractivity (Wildman–Crippen MR) is 111 cm³/mol. The number of carboxylic acid groups (broad SMARTS) is 1. The molecule has 1 aliphatic heterocycles. The minimum atomic E-state index is -3.51. The molecule has 0 bridgehead atoms. The van der Waals surface area contributed by atoms with Gasteiger partial charge in [0.2, 0.25) is 0 Å². The lowest BCUT2D eigenvalue weighted by molar-refractivity contribution is -0.132. The van der Waals surface area contributed by atoms with Crippen molar-refractivity contribution in [1.82, 2.24) is 0 Å². The number of carbonyl (C=O) groups is 1. The molecular weight excluding hydrogens is 392 g/mol. The second-order valence-electron chi connectivity index (χ2n) is 6.78. The highest BCUT2D eigenvalue weighted by Crippen LogP contribution is 2.31. The summed E-state index contributed by atoms with van der Waals surface area (Å²) < 4.78 is 36.0. The van der Waals surface area contributed by atoms with Crippen molar-refractivity contribution < 1.29 is 27.8 Å². The van der Waals surface area contributed by atoms with Crippen LogP contribution >= 0.6 is 0 Å². The summed E-state index contributed by atoms with van der Waals surface area (Å²) in [5.74, 6) is -0.576. The molecular formula is C22H24O6S. The number of hydrogen-bond acceptors (Lipinski definition) is 5. The van der Waals surface area contributed by atoms with Crippen molar-refractivity contribution >= 4 is 21.9 Å². The zero-order chi connectivity index (χ0) is 20.9. The van der Waals surface area contributed by atoms with E-state index >= 15 is 0 Å². The van der Waals surface area contributed by atoms with E-state index in [0.29, 0.717) is 25.4 Å². The van der Waals surface area contributed by atoms with E-state index in [0.717, 1.165) is 23.3 Å². The van der Waals surface area contributed by atoms with Crippen LogP contribution in [-0.2, 0) is 19.4 Å². The minimum Gasteiger partial charge on any atom is -0.491 e. The van der Waals surface area contributed by atoms with Gasteiger partial charge >= 0.3 is 5.97 Å². The topological polar surface area (TPSA) is 89.9 Å². The van der Waals surface area contributed by atoms with Gasteiger partial charge in [-0.15, -0.1) is 0 Å². The number of hydrogen-bond donors (Lipinski definition) is 1. The molecule has 2 aromatic carbocycles. The first kappa shape index (κ1) is 21.1. The van der Waals surface area contributed by atoms with E-state index < -0.39 is 15.8 Å². The Morgan fingerprint density at radius 1 is 1.03 bits per heavy atom. The third kappa shape index (κ3) is 5.25. The first-order valence-corrected chi connectivity index (χ1v) is 11.2. The molecule has 0 spiro atoms. The summed E-state index contributed by atoms with van der Waals surface area (Å²) in [4.78, 5) is 11.5.